The van der Waals surface area contributed by atoms with Crippen LogP contribution >= 0.6 is 11.8 Å². The normalized spacial score (nSPS) is 10.5. The molecule has 0 N–H and O–H groups in total. The lowest BCUT2D eigenvalue weighted by atomic mass is 10.1. The summed E-state index contributed by atoms with van der Waals surface area (Å²) in [6.07, 6.45) is 0. The van der Waals surface area contributed by atoms with Gasteiger partial charge in [-0.05, 0) is 37.6 Å². The fourth-order valence-electron chi connectivity index (χ4n) is 1.77. The minimum Gasteiger partial charge on any atom is -0.293 e. The van der Waals surface area contributed by atoms with Gasteiger partial charge in [-0.25, -0.2) is 4.39 Å². The molecule has 0 atom stereocenters. The molecule has 0 amide bonds. The first kappa shape index (κ1) is 13.8. The maximum atomic E-state index is 13.5. The Bertz CT molecular complexity index is 607. The van der Waals surface area contributed by atoms with Crippen LogP contribution in [-0.2, 0) is 0 Å². The van der Waals surface area contributed by atoms with Crippen molar-refractivity contribution < 1.29 is 9.18 Å². The van der Waals surface area contributed by atoms with Gasteiger partial charge < -0.3 is 0 Å². The van der Waals surface area contributed by atoms with Crippen LogP contribution in [-0.4, -0.2) is 11.5 Å². The Morgan fingerprint density at radius 1 is 1.16 bits per heavy atom. The summed E-state index contributed by atoms with van der Waals surface area (Å²) < 4.78 is 13.5. The number of hydrogen-bond donors (Lipinski definition) is 0. The molecule has 0 saturated carbocycles. The van der Waals surface area contributed by atoms with Gasteiger partial charge in [-0.1, -0.05) is 29.8 Å². The van der Waals surface area contributed by atoms with E-state index in [1.54, 1.807) is 12.1 Å². The number of thioether (sulfide) groups is 1. The van der Waals surface area contributed by atoms with Crippen LogP contribution < -0.4 is 0 Å². The second-order valence-corrected chi connectivity index (χ2v) is 5.48. The van der Waals surface area contributed by atoms with Gasteiger partial charge in [0.1, 0.15) is 5.82 Å². The average Bonchev–Trinajstić information content (AvgIpc) is 2.40. The van der Waals surface area contributed by atoms with Crippen molar-refractivity contribution in [2.45, 2.75) is 18.7 Å². The Morgan fingerprint density at radius 2 is 1.89 bits per heavy atom. The van der Waals surface area contributed by atoms with E-state index in [1.807, 2.05) is 26.0 Å². The fourth-order valence-corrected chi connectivity index (χ4v) is 2.78. The van der Waals surface area contributed by atoms with Crippen LogP contribution in [0.5, 0.6) is 0 Å². The van der Waals surface area contributed by atoms with Gasteiger partial charge in [0, 0.05) is 4.90 Å². The van der Waals surface area contributed by atoms with E-state index in [-0.39, 0.29) is 17.1 Å². The highest BCUT2D eigenvalue weighted by Crippen LogP contribution is 2.24. The lowest BCUT2D eigenvalue weighted by Crippen LogP contribution is -2.05. The molecule has 0 aliphatic carbocycles. The number of benzene rings is 2. The third kappa shape index (κ3) is 3.44. The summed E-state index contributed by atoms with van der Waals surface area (Å²) in [4.78, 5) is 13.0. The molecule has 0 aromatic heterocycles. The van der Waals surface area contributed by atoms with Crippen molar-refractivity contribution in [1.82, 2.24) is 0 Å². The monoisotopic (exact) mass is 274 g/mol. The van der Waals surface area contributed by atoms with E-state index in [1.165, 1.54) is 23.9 Å². The largest absolute Gasteiger partial charge is 0.293 e. The van der Waals surface area contributed by atoms with Crippen molar-refractivity contribution in [3.05, 3.63) is 65.0 Å². The molecule has 2 aromatic rings. The SMILES string of the molecule is Cc1ccc(C)c(SCC(=O)c2ccccc2F)c1. The van der Waals surface area contributed by atoms with E-state index in [9.17, 15) is 9.18 Å². The van der Waals surface area contributed by atoms with E-state index in [4.69, 9.17) is 0 Å². The number of carbonyl (C=O) groups excluding carboxylic acids is 1. The summed E-state index contributed by atoms with van der Waals surface area (Å²) in [5.74, 6) is -0.372. The van der Waals surface area contributed by atoms with Gasteiger partial charge in [-0.15, -0.1) is 11.8 Å². The second kappa shape index (κ2) is 6.02. The fraction of sp³-hybridized carbons (Fsp3) is 0.188. The maximum Gasteiger partial charge on any atom is 0.176 e. The third-order valence-electron chi connectivity index (χ3n) is 2.88. The molecule has 1 nitrogen and oxygen atoms in total. The number of carbonyl (C=O) groups is 1. The van der Waals surface area contributed by atoms with Crippen LogP contribution in [0, 0.1) is 19.7 Å². The summed E-state index contributed by atoms with van der Waals surface area (Å²) in [7, 11) is 0. The van der Waals surface area contributed by atoms with E-state index >= 15 is 0 Å². The molecule has 3 heteroatoms. The lowest BCUT2D eigenvalue weighted by molar-refractivity contribution is 0.101. The number of rotatable bonds is 4. The van der Waals surface area contributed by atoms with Gasteiger partial charge in [0.2, 0.25) is 0 Å². The maximum absolute atomic E-state index is 13.5. The standard InChI is InChI=1S/C16H15FOS/c1-11-7-8-12(2)16(9-11)19-10-15(18)13-5-3-4-6-14(13)17/h3-9H,10H2,1-2H3. The molecule has 0 bridgehead atoms. The number of hydrogen-bond acceptors (Lipinski definition) is 2. The van der Waals surface area contributed by atoms with Gasteiger partial charge >= 0.3 is 0 Å². The summed E-state index contributed by atoms with van der Waals surface area (Å²) in [5, 5.41) is 0. The highest BCUT2D eigenvalue weighted by Gasteiger charge is 2.11. The predicted octanol–water partition coefficient (Wildman–Crippen LogP) is 4.42. The van der Waals surface area contributed by atoms with Crippen LogP contribution in [0.2, 0.25) is 0 Å². The Labute approximate surface area is 116 Å². The molecular weight excluding hydrogens is 259 g/mol. The summed E-state index contributed by atoms with van der Waals surface area (Å²) >= 11 is 1.46. The van der Waals surface area contributed by atoms with Crippen LogP contribution in [0.1, 0.15) is 21.5 Å². The van der Waals surface area contributed by atoms with Gasteiger partial charge in [0.25, 0.3) is 0 Å². The van der Waals surface area contributed by atoms with Crippen molar-refractivity contribution in [1.29, 1.82) is 0 Å². The third-order valence-corrected chi connectivity index (χ3v) is 4.03. The first-order valence-electron chi connectivity index (χ1n) is 6.05. The van der Waals surface area contributed by atoms with Crippen LogP contribution in [0.25, 0.3) is 0 Å². The Hall–Kier alpha value is -1.61. The smallest absolute Gasteiger partial charge is 0.176 e. The summed E-state index contributed by atoms with van der Waals surface area (Å²) in [6.45, 7) is 4.03. The zero-order valence-corrected chi connectivity index (χ0v) is 11.8. The van der Waals surface area contributed by atoms with E-state index < -0.39 is 5.82 Å². The summed E-state index contributed by atoms with van der Waals surface area (Å²) in [5.41, 5.74) is 2.46. The number of halogens is 1. The number of Topliss-reactive ketones (excluding diaryl/α,β-unsaturated/α-hetero) is 1. The first-order chi connectivity index (χ1) is 9.08. The Balaban J connectivity index is 2.09. The van der Waals surface area contributed by atoms with Gasteiger partial charge in [0.05, 0.1) is 11.3 Å². The molecule has 98 valence electrons. The Morgan fingerprint density at radius 3 is 2.63 bits per heavy atom. The lowest BCUT2D eigenvalue weighted by Gasteiger charge is -2.06. The first-order valence-corrected chi connectivity index (χ1v) is 7.04. The van der Waals surface area contributed by atoms with E-state index in [2.05, 4.69) is 6.07 Å². The molecule has 0 aliphatic heterocycles. The quantitative estimate of drug-likeness (QED) is 0.606. The Kier molecular flexibility index (Phi) is 4.38. The molecule has 0 aliphatic rings. The van der Waals surface area contributed by atoms with Crippen LogP contribution in [0.15, 0.2) is 47.4 Å². The summed E-state index contributed by atoms with van der Waals surface area (Å²) in [6, 6.07) is 12.2. The van der Waals surface area contributed by atoms with E-state index in [0.717, 1.165) is 16.0 Å². The van der Waals surface area contributed by atoms with Crippen molar-refractivity contribution in [2.24, 2.45) is 0 Å². The zero-order chi connectivity index (χ0) is 13.8. The topological polar surface area (TPSA) is 17.1 Å². The van der Waals surface area contributed by atoms with E-state index in [0.29, 0.717) is 0 Å². The zero-order valence-electron chi connectivity index (χ0n) is 10.9. The molecule has 0 radical (unpaired) electrons. The molecule has 0 fully saturated rings. The molecule has 0 saturated heterocycles. The molecule has 19 heavy (non-hydrogen) atoms. The van der Waals surface area contributed by atoms with Gasteiger partial charge in [-0.3, -0.25) is 4.79 Å². The molecule has 0 spiro atoms. The minimum atomic E-state index is -0.450. The molecule has 0 heterocycles. The highest BCUT2D eigenvalue weighted by molar-refractivity contribution is 8.00. The van der Waals surface area contributed by atoms with Gasteiger partial charge in [-0.2, -0.15) is 0 Å². The van der Waals surface area contributed by atoms with Crippen molar-refractivity contribution in [3.63, 3.8) is 0 Å². The van der Waals surface area contributed by atoms with Gasteiger partial charge in [0.15, 0.2) is 5.78 Å². The highest BCUT2D eigenvalue weighted by atomic mass is 32.2. The number of aryl methyl sites for hydroxylation is 2. The molecule has 0 unspecified atom stereocenters. The van der Waals surface area contributed by atoms with Crippen molar-refractivity contribution >= 4 is 17.5 Å². The minimum absolute atomic E-state index is 0.167. The average molecular weight is 274 g/mol. The van der Waals surface area contributed by atoms with Crippen LogP contribution in [0.3, 0.4) is 0 Å². The number of ketones is 1. The molecular formula is C16H15FOS. The van der Waals surface area contributed by atoms with Crippen molar-refractivity contribution in [3.8, 4) is 0 Å². The molecule has 2 aromatic carbocycles. The second-order valence-electron chi connectivity index (χ2n) is 4.46. The van der Waals surface area contributed by atoms with Crippen LogP contribution in [0.4, 0.5) is 4.39 Å². The molecule has 2 rings (SSSR count). The predicted molar refractivity (Wildman–Crippen MR) is 77.4 cm³/mol. The van der Waals surface area contributed by atoms with Crippen molar-refractivity contribution in [2.75, 3.05) is 5.75 Å².